The highest BCUT2D eigenvalue weighted by Crippen LogP contribution is 2.32. The summed E-state index contributed by atoms with van der Waals surface area (Å²) in [6.07, 6.45) is 2.49. The molecule has 5 heteroatoms. The second-order valence-corrected chi connectivity index (χ2v) is 4.57. The van der Waals surface area contributed by atoms with Gasteiger partial charge in [-0.05, 0) is 38.1 Å². The molecule has 0 saturated carbocycles. The normalized spacial score (nSPS) is 10.3. The van der Waals surface area contributed by atoms with Crippen molar-refractivity contribution in [3.63, 3.8) is 0 Å². The van der Waals surface area contributed by atoms with Gasteiger partial charge in [0, 0.05) is 5.56 Å². The van der Waals surface area contributed by atoms with Crippen molar-refractivity contribution in [3.8, 4) is 22.8 Å². The fourth-order valence-corrected chi connectivity index (χ4v) is 2.15. The Bertz CT molecular complexity index is 662. The molecule has 0 N–H and O–H groups in total. The maximum Gasteiger partial charge on any atom is 0.168 e. The van der Waals surface area contributed by atoms with E-state index in [9.17, 15) is 4.79 Å². The van der Waals surface area contributed by atoms with E-state index in [-0.39, 0.29) is 0 Å². The Morgan fingerprint density at radius 1 is 1.18 bits per heavy atom. The van der Waals surface area contributed by atoms with E-state index in [1.54, 1.807) is 16.8 Å². The third-order valence-corrected chi connectivity index (χ3v) is 3.07. The summed E-state index contributed by atoms with van der Waals surface area (Å²) in [6.45, 7) is 9.13. The van der Waals surface area contributed by atoms with Gasteiger partial charge in [0.05, 0.1) is 25.5 Å². The number of benzene rings is 1. The molecule has 0 aliphatic carbocycles. The molecule has 0 radical (unpaired) electrons. The van der Waals surface area contributed by atoms with Gasteiger partial charge >= 0.3 is 0 Å². The molecule has 0 aliphatic heterocycles. The second kappa shape index (κ2) is 7.45. The summed E-state index contributed by atoms with van der Waals surface area (Å²) in [5.74, 6) is 1.38. The monoisotopic (exact) mass is 300 g/mol. The third kappa shape index (κ3) is 3.36. The second-order valence-electron chi connectivity index (χ2n) is 4.57. The van der Waals surface area contributed by atoms with Gasteiger partial charge in [-0.2, -0.15) is 5.10 Å². The number of ether oxygens (including phenoxy) is 2. The van der Waals surface area contributed by atoms with E-state index in [2.05, 4.69) is 11.7 Å². The van der Waals surface area contributed by atoms with E-state index in [1.165, 1.54) is 0 Å². The Labute approximate surface area is 130 Å². The predicted octanol–water partition coefficient (Wildman–Crippen LogP) is 3.35. The molecule has 1 heterocycles. The Hall–Kier alpha value is -2.56. The lowest BCUT2D eigenvalue weighted by Crippen LogP contribution is -2.02. The van der Waals surface area contributed by atoms with Gasteiger partial charge in [-0.3, -0.25) is 9.48 Å². The minimum atomic E-state index is 0.490. The van der Waals surface area contributed by atoms with E-state index < -0.39 is 0 Å². The van der Waals surface area contributed by atoms with Gasteiger partial charge in [0.15, 0.2) is 17.8 Å². The van der Waals surface area contributed by atoms with Crippen LogP contribution in [0.5, 0.6) is 11.5 Å². The SMILES string of the molecule is C=CCn1nc(-c2ccc(OCC)c(OCC)c2)cc1C=O. The molecule has 0 unspecified atom stereocenters. The average molecular weight is 300 g/mol. The third-order valence-electron chi connectivity index (χ3n) is 3.07. The lowest BCUT2D eigenvalue weighted by atomic mass is 10.1. The number of carbonyl (C=O) groups is 1. The van der Waals surface area contributed by atoms with Gasteiger partial charge in [0.25, 0.3) is 0 Å². The highest BCUT2D eigenvalue weighted by atomic mass is 16.5. The molecule has 0 bridgehead atoms. The first-order chi connectivity index (χ1) is 10.7. The number of rotatable bonds is 8. The first kappa shape index (κ1) is 15.8. The minimum Gasteiger partial charge on any atom is -0.490 e. The van der Waals surface area contributed by atoms with E-state index in [0.717, 1.165) is 11.8 Å². The average Bonchev–Trinajstić information content (AvgIpc) is 2.93. The Morgan fingerprint density at radius 2 is 1.91 bits per heavy atom. The molecule has 2 rings (SSSR count). The highest BCUT2D eigenvalue weighted by Gasteiger charge is 2.12. The molecular formula is C17H20N2O3. The highest BCUT2D eigenvalue weighted by molar-refractivity contribution is 5.76. The van der Waals surface area contributed by atoms with Crippen molar-refractivity contribution in [2.45, 2.75) is 20.4 Å². The summed E-state index contributed by atoms with van der Waals surface area (Å²) >= 11 is 0. The van der Waals surface area contributed by atoms with Gasteiger partial charge in [-0.15, -0.1) is 6.58 Å². The summed E-state index contributed by atoms with van der Waals surface area (Å²) in [5, 5.41) is 4.44. The minimum absolute atomic E-state index is 0.490. The Balaban J connectivity index is 2.41. The van der Waals surface area contributed by atoms with Crippen LogP contribution >= 0.6 is 0 Å². The predicted molar refractivity (Wildman–Crippen MR) is 85.6 cm³/mol. The molecule has 0 saturated heterocycles. The smallest absolute Gasteiger partial charge is 0.168 e. The topological polar surface area (TPSA) is 53.4 Å². The van der Waals surface area contributed by atoms with Crippen LogP contribution in [0.1, 0.15) is 24.3 Å². The fourth-order valence-electron chi connectivity index (χ4n) is 2.15. The molecule has 0 amide bonds. The van der Waals surface area contributed by atoms with Crippen molar-refractivity contribution in [2.75, 3.05) is 13.2 Å². The molecule has 1 aromatic carbocycles. The van der Waals surface area contributed by atoms with E-state index >= 15 is 0 Å². The molecule has 2 aromatic rings. The van der Waals surface area contributed by atoms with Crippen LogP contribution < -0.4 is 9.47 Å². The summed E-state index contributed by atoms with van der Waals surface area (Å²) in [6, 6.07) is 7.39. The standard InChI is InChI=1S/C17H20N2O3/c1-4-9-19-14(12-20)11-15(18-19)13-7-8-16(21-5-2)17(10-13)22-6-3/h4,7-8,10-12H,1,5-6,9H2,2-3H3. The molecule has 0 spiro atoms. The first-order valence-electron chi connectivity index (χ1n) is 7.27. The number of hydrogen-bond acceptors (Lipinski definition) is 4. The van der Waals surface area contributed by atoms with Crippen LogP contribution in [0, 0.1) is 0 Å². The van der Waals surface area contributed by atoms with Gasteiger partial charge < -0.3 is 9.47 Å². The number of hydrogen-bond donors (Lipinski definition) is 0. The van der Waals surface area contributed by atoms with E-state index in [1.807, 2.05) is 32.0 Å². The number of aldehydes is 1. The zero-order valence-electron chi connectivity index (χ0n) is 12.9. The van der Waals surface area contributed by atoms with Crippen LogP contribution in [0.2, 0.25) is 0 Å². The van der Waals surface area contributed by atoms with Crippen LogP contribution in [0.3, 0.4) is 0 Å². The molecule has 116 valence electrons. The number of aromatic nitrogens is 2. The lowest BCUT2D eigenvalue weighted by molar-refractivity contribution is 0.111. The van der Waals surface area contributed by atoms with Gasteiger partial charge in [0.2, 0.25) is 0 Å². The molecule has 1 aromatic heterocycles. The largest absolute Gasteiger partial charge is 0.490 e. The van der Waals surface area contributed by atoms with Gasteiger partial charge in [0.1, 0.15) is 5.69 Å². The summed E-state index contributed by atoms with van der Waals surface area (Å²) in [4.78, 5) is 11.1. The van der Waals surface area contributed by atoms with Gasteiger partial charge in [-0.1, -0.05) is 6.08 Å². The fraction of sp³-hybridized carbons (Fsp3) is 0.294. The molecular weight excluding hydrogens is 280 g/mol. The zero-order chi connectivity index (χ0) is 15.9. The van der Waals surface area contributed by atoms with Crippen molar-refractivity contribution in [3.05, 3.63) is 42.6 Å². The maximum atomic E-state index is 11.1. The first-order valence-corrected chi connectivity index (χ1v) is 7.27. The number of nitrogens with zero attached hydrogens (tertiary/aromatic N) is 2. The quantitative estimate of drug-likeness (QED) is 0.554. The van der Waals surface area contributed by atoms with E-state index in [0.29, 0.717) is 42.6 Å². The van der Waals surface area contributed by atoms with Crippen LogP contribution in [0.25, 0.3) is 11.3 Å². The van der Waals surface area contributed by atoms with Crippen LogP contribution in [0.15, 0.2) is 36.9 Å². The van der Waals surface area contributed by atoms with Crippen molar-refractivity contribution < 1.29 is 14.3 Å². The maximum absolute atomic E-state index is 11.1. The van der Waals surface area contributed by atoms with Gasteiger partial charge in [-0.25, -0.2) is 0 Å². The van der Waals surface area contributed by atoms with Crippen molar-refractivity contribution in [2.24, 2.45) is 0 Å². The van der Waals surface area contributed by atoms with Crippen molar-refractivity contribution in [1.82, 2.24) is 9.78 Å². The molecule has 22 heavy (non-hydrogen) atoms. The number of carbonyl (C=O) groups excluding carboxylic acids is 1. The van der Waals surface area contributed by atoms with Crippen LogP contribution in [0.4, 0.5) is 0 Å². The van der Waals surface area contributed by atoms with E-state index in [4.69, 9.17) is 9.47 Å². The van der Waals surface area contributed by atoms with Crippen LogP contribution in [-0.2, 0) is 6.54 Å². The molecule has 5 nitrogen and oxygen atoms in total. The molecule has 0 atom stereocenters. The Kier molecular flexibility index (Phi) is 5.36. The number of allylic oxidation sites excluding steroid dienone is 1. The summed E-state index contributed by atoms with van der Waals surface area (Å²) in [7, 11) is 0. The summed E-state index contributed by atoms with van der Waals surface area (Å²) < 4.78 is 12.8. The Morgan fingerprint density at radius 3 is 2.55 bits per heavy atom. The molecule has 0 fully saturated rings. The zero-order valence-corrected chi connectivity index (χ0v) is 12.9. The van der Waals surface area contributed by atoms with Crippen molar-refractivity contribution in [1.29, 1.82) is 0 Å². The van der Waals surface area contributed by atoms with Crippen LogP contribution in [-0.4, -0.2) is 29.3 Å². The lowest BCUT2D eigenvalue weighted by Gasteiger charge is -2.11. The summed E-state index contributed by atoms with van der Waals surface area (Å²) in [5.41, 5.74) is 2.10. The molecule has 0 aliphatic rings. The van der Waals surface area contributed by atoms with Crippen molar-refractivity contribution >= 4 is 6.29 Å².